The van der Waals surface area contributed by atoms with Gasteiger partial charge in [-0.2, -0.15) is 0 Å². The van der Waals surface area contributed by atoms with E-state index in [1.807, 2.05) is 29.2 Å². The largest absolute Gasteiger partial charge is 0.325 e. The van der Waals surface area contributed by atoms with E-state index in [4.69, 9.17) is 0 Å². The lowest BCUT2D eigenvalue weighted by molar-refractivity contribution is 0.196. The summed E-state index contributed by atoms with van der Waals surface area (Å²) >= 11 is 1.46. The summed E-state index contributed by atoms with van der Waals surface area (Å²) in [7, 11) is 0. The van der Waals surface area contributed by atoms with Crippen LogP contribution >= 0.6 is 11.8 Å². The van der Waals surface area contributed by atoms with E-state index >= 15 is 0 Å². The van der Waals surface area contributed by atoms with Gasteiger partial charge in [0, 0.05) is 6.54 Å². The first-order valence-electron chi connectivity index (χ1n) is 7.74. The van der Waals surface area contributed by atoms with Gasteiger partial charge in [0.05, 0.1) is 11.3 Å². The molecule has 1 aliphatic rings. The van der Waals surface area contributed by atoms with Crippen molar-refractivity contribution in [1.82, 2.24) is 4.90 Å². The van der Waals surface area contributed by atoms with Crippen molar-refractivity contribution in [1.29, 1.82) is 0 Å². The number of rotatable bonds is 4. The Morgan fingerprint density at radius 2 is 1.50 bits per heavy atom. The molecule has 1 heterocycles. The molecule has 2 unspecified atom stereocenters. The quantitative estimate of drug-likeness (QED) is 0.764. The van der Waals surface area contributed by atoms with Crippen LogP contribution < -0.4 is 0 Å². The van der Waals surface area contributed by atoms with Crippen LogP contribution in [0.1, 0.15) is 36.3 Å². The van der Waals surface area contributed by atoms with E-state index in [-0.39, 0.29) is 16.5 Å². The Hall–Kier alpha value is -1.74. The zero-order valence-electron chi connectivity index (χ0n) is 13.0. The van der Waals surface area contributed by atoms with Crippen LogP contribution in [0, 0.1) is 5.92 Å². The zero-order chi connectivity index (χ0) is 15.5. The fourth-order valence-electron chi connectivity index (χ4n) is 3.00. The van der Waals surface area contributed by atoms with Crippen molar-refractivity contribution in [3.63, 3.8) is 0 Å². The highest BCUT2D eigenvalue weighted by molar-refractivity contribution is 8.14. The van der Waals surface area contributed by atoms with Crippen LogP contribution in [0.25, 0.3) is 0 Å². The number of amides is 1. The Balaban J connectivity index is 2.00. The molecule has 1 saturated heterocycles. The predicted octanol–water partition coefficient (Wildman–Crippen LogP) is 5.29. The van der Waals surface area contributed by atoms with Crippen LogP contribution in [0.5, 0.6) is 0 Å². The second-order valence-electron chi connectivity index (χ2n) is 6.12. The molecule has 2 atom stereocenters. The molecule has 3 rings (SSSR count). The van der Waals surface area contributed by atoms with Crippen molar-refractivity contribution >= 4 is 17.0 Å². The molecule has 0 radical (unpaired) electrons. The number of carbonyl (C=O) groups excluding carboxylic acids is 1. The molecular weight excluding hydrogens is 290 g/mol. The first kappa shape index (κ1) is 15.2. The fourth-order valence-corrected chi connectivity index (χ4v) is 4.26. The van der Waals surface area contributed by atoms with Gasteiger partial charge < -0.3 is 4.90 Å². The van der Waals surface area contributed by atoms with Crippen molar-refractivity contribution in [3.05, 3.63) is 71.8 Å². The lowest BCUT2D eigenvalue weighted by atomic mass is 9.96. The van der Waals surface area contributed by atoms with E-state index in [2.05, 4.69) is 50.2 Å². The van der Waals surface area contributed by atoms with E-state index in [1.165, 1.54) is 22.9 Å². The second-order valence-corrected chi connectivity index (χ2v) is 7.21. The molecule has 0 N–H and O–H groups in total. The van der Waals surface area contributed by atoms with Crippen LogP contribution in [-0.4, -0.2) is 16.7 Å². The number of thioether (sulfide) groups is 1. The highest BCUT2D eigenvalue weighted by Gasteiger charge is 2.42. The normalized spacial score (nSPS) is 21.6. The summed E-state index contributed by atoms with van der Waals surface area (Å²) in [6.07, 6.45) is 0. The van der Waals surface area contributed by atoms with Gasteiger partial charge in [-0.15, -0.1) is 0 Å². The van der Waals surface area contributed by atoms with Crippen molar-refractivity contribution in [3.8, 4) is 0 Å². The van der Waals surface area contributed by atoms with Gasteiger partial charge in [0.25, 0.3) is 5.24 Å². The molecule has 1 amide bonds. The summed E-state index contributed by atoms with van der Waals surface area (Å²) in [5.74, 6) is 0.463. The summed E-state index contributed by atoms with van der Waals surface area (Å²) in [5.41, 5.74) is 2.44. The Labute approximate surface area is 136 Å². The van der Waals surface area contributed by atoms with Crippen molar-refractivity contribution in [2.75, 3.05) is 6.54 Å². The van der Waals surface area contributed by atoms with Gasteiger partial charge in [-0.1, -0.05) is 86.3 Å². The van der Waals surface area contributed by atoms with Crippen LogP contribution in [0.15, 0.2) is 60.7 Å². The first-order chi connectivity index (χ1) is 10.7. The maximum absolute atomic E-state index is 12.6. The third-order valence-corrected chi connectivity index (χ3v) is 5.14. The molecular formula is C19H21NOS. The van der Waals surface area contributed by atoms with Gasteiger partial charge in [0.15, 0.2) is 0 Å². The highest BCUT2D eigenvalue weighted by atomic mass is 32.2. The number of nitrogens with zero attached hydrogens (tertiary/aromatic N) is 1. The van der Waals surface area contributed by atoms with Gasteiger partial charge in [0.2, 0.25) is 0 Å². The van der Waals surface area contributed by atoms with Crippen LogP contribution in [0.4, 0.5) is 4.79 Å². The average Bonchev–Trinajstić information content (AvgIpc) is 2.85. The summed E-state index contributed by atoms with van der Waals surface area (Å²) in [4.78, 5) is 14.6. The van der Waals surface area contributed by atoms with Gasteiger partial charge in [0.1, 0.15) is 0 Å². The van der Waals surface area contributed by atoms with Crippen molar-refractivity contribution < 1.29 is 4.79 Å². The molecule has 1 aliphatic heterocycles. The summed E-state index contributed by atoms with van der Waals surface area (Å²) < 4.78 is 0. The Morgan fingerprint density at radius 3 is 2.05 bits per heavy atom. The van der Waals surface area contributed by atoms with Gasteiger partial charge in [-0.3, -0.25) is 4.79 Å². The van der Waals surface area contributed by atoms with Gasteiger partial charge >= 0.3 is 0 Å². The van der Waals surface area contributed by atoms with Crippen LogP contribution in [0.3, 0.4) is 0 Å². The van der Waals surface area contributed by atoms with E-state index in [1.54, 1.807) is 0 Å². The average molecular weight is 311 g/mol. The molecule has 3 heteroatoms. The van der Waals surface area contributed by atoms with Crippen molar-refractivity contribution in [2.24, 2.45) is 5.92 Å². The SMILES string of the molecule is CC(C)CN1C(=O)SC(c2ccccc2)C1c1ccccc1. The molecule has 0 aromatic heterocycles. The fraction of sp³-hybridized carbons (Fsp3) is 0.316. The molecule has 0 spiro atoms. The maximum Gasteiger partial charge on any atom is 0.282 e. The lowest BCUT2D eigenvalue weighted by Gasteiger charge is -2.29. The Morgan fingerprint density at radius 1 is 0.955 bits per heavy atom. The third-order valence-electron chi connectivity index (χ3n) is 3.92. The second kappa shape index (κ2) is 6.57. The summed E-state index contributed by atoms with van der Waals surface area (Å²) in [6, 6.07) is 20.9. The summed E-state index contributed by atoms with van der Waals surface area (Å²) in [5, 5.41) is 0.353. The lowest BCUT2D eigenvalue weighted by Crippen LogP contribution is -2.31. The minimum absolute atomic E-state index is 0.114. The van der Waals surface area contributed by atoms with E-state index in [0.29, 0.717) is 5.92 Å². The minimum atomic E-state index is 0.114. The minimum Gasteiger partial charge on any atom is -0.325 e. The Bertz CT molecular complexity index is 626. The van der Waals surface area contributed by atoms with E-state index < -0.39 is 0 Å². The first-order valence-corrected chi connectivity index (χ1v) is 8.62. The van der Waals surface area contributed by atoms with E-state index in [0.717, 1.165) is 6.54 Å². The third kappa shape index (κ3) is 3.05. The standard InChI is InChI=1S/C19H21NOS/c1-14(2)13-20-17(15-9-5-3-6-10-15)18(22-19(20)21)16-11-7-4-8-12-16/h3-12,14,17-18H,13H2,1-2H3. The zero-order valence-corrected chi connectivity index (χ0v) is 13.8. The number of hydrogen-bond acceptors (Lipinski definition) is 2. The topological polar surface area (TPSA) is 20.3 Å². The molecule has 114 valence electrons. The molecule has 0 bridgehead atoms. The molecule has 2 aromatic carbocycles. The van der Waals surface area contributed by atoms with Crippen LogP contribution in [0.2, 0.25) is 0 Å². The molecule has 0 aliphatic carbocycles. The number of benzene rings is 2. The molecule has 2 nitrogen and oxygen atoms in total. The molecule has 1 fully saturated rings. The van der Waals surface area contributed by atoms with Gasteiger partial charge in [-0.25, -0.2) is 0 Å². The molecule has 0 saturated carbocycles. The predicted molar refractivity (Wildman–Crippen MR) is 92.9 cm³/mol. The molecule has 22 heavy (non-hydrogen) atoms. The summed E-state index contributed by atoms with van der Waals surface area (Å²) in [6.45, 7) is 5.13. The molecule has 2 aromatic rings. The van der Waals surface area contributed by atoms with Crippen molar-refractivity contribution in [2.45, 2.75) is 25.1 Å². The maximum atomic E-state index is 12.6. The number of carbonyl (C=O) groups is 1. The smallest absolute Gasteiger partial charge is 0.282 e. The monoisotopic (exact) mass is 311 g/mol. The van der Waals surface area contributed by atoms with Crippen LogP contribution in [-0.2, 0) is 0 Å². The number of hydrogen-bond donors (Lipinski definition) is 0. The van der Waals surface area contributed by atoms with E-state index in [9.17, 15) is 4.79 Å². The Kier molecular flexibility index (Phi) is 4.53. The highest BCUT2D eigenvalue weighted by Crippen LogP contribution is 2.51. The van der Waals surface area contributed by atoms with Gasteiger partial charge in [-0.05, 0) is 17.0 Å².